The minimum absolute atomic E-state index is 0.0712. The predicted molar refractivity (Wildman–Crippen MR) is 108 cm³/mol. The molecule has 0 aliphatic carbocycles. The molecule has 0 radical (unpaired) electrons. The summed E-state index contributed by atoms with van der Waals surface area (Å²) in [4.78, 5) is 16.5. The summed E-state index contributed by atoms with van der Waals surface area (Å²) in [5, 5.41) is 3.92. The Bertz CT molecular complexity index is 1120. The Morgan fingerprint density at radius 3 is 2.50 bits per heavy atom. The van der Waals surface area contributed by atoms with Crippen molar-refractivity contribution in [3.05, 3.63) is 65.9 Å². The van der Waals surface area contributed by atoms with Gasteiger partial charge in [0.2, 0.25) is 15.9 Å². The van der Waals surface area contributed by atoms with Gasteiger partial charge in [-0.15, -0.1) is 0 Å². The first-order valence-corrected chi connectivity index (χ1v) is 10.8. The van der Waals surface area contributed by atoms with Gasteiger partial charge < -0.3 is 10.3 Å². The molecule has 0 saturated carbocycles. The molecule has 1 unspecified atom stereocenters. The Kier molecular flexibility index (Phi) is 4.72. The summed E-state index contributed by atoms with van der Waals surface area (Å²) in [6.45, 7) is 3.87. The molecule has 1 aliphatic heterocycles. The maximum absolute atomic E-state index is 13.3. The molecule has 0 fully saturated rings. The fraction of sp³-hybridized carbons (Fsp3) is 0.286. The smallest absolute Gasteiger partial charge is 0.244 e. The number of aromatic nitrogens is 1. The molecule has 28 heavy (non-hydrogen) atoms. The number of carbonyl (C=O) groups excluding carboxylic acids is 1. The highest BCUT2D eigenvalue weighted by Crippen LogP contribution is 2.33. The van der Waals surface area contributed by atoms with Crippen molar-refractivity contribution in [2.75, 3.05) is 0 Å². The van der Waals surface area contributed by atoms with Crippen LogP contribution in [0.2, 0.25) is 0 Å². The summed E-state index contributed by atoms with van der Waals surface area (Å²) in [6, 6.07) is 15.3. The van der Waals surface area contributed by atoms with Crippen molar-refractivity contribution < 1.29 is 13.2 Å². The van der Waals surface area contributed by atoms with Gasteiger partial charge in [0.15, 0.2) is 0 Å². The second kappa shape index (κ2) is 7.07. The minimum atomic E-state index is -3.82. The van der Waals surface area contributed by atoms with E-state index in [4.69, 9.17) is 0 Å². The third-order valence-corrected chi connectivity index (χ3v) is 6.91. The Morgan fingerprint density at radius 2 is 1.79 bits per heavy atom. The zero-order valence-electron chi connectivity index (χ0n) is 15.8. The Hall–Kier alpha value is -2.64. The number of H-pyrrole nitrogens is 1. The number of rotatable bonds is 4. The lowest BCUT2D eigenvalue weighted by atomic mass is 9.98. The number of nitrogens with zero attached hydrogens (tertiary/aromatic N) is 1. The average molecular weight is 398 g/mol. The lowest BCUT2D eigenvalue weighted by Gasteiger charge is -2.34. The third-order valence-electron chi connectivity index (χ3n) is 5.04. The molecule has 4 rings (SSSR count). The molecule has 0 spiro atoms. The van der Waals surface area contributed by atoms with Crippen molar-refractivity contribution >= 4 is 26.8 Å². The molecule has 6 nitrogen and oxygen atoms in total. The average Bonchev–Trinajstić information content (AvgIpc) is 3.05. The number of carbonyl (C=O) groups is 1. The van der Waals surface area contributed by atoms with Crippen molar-refractivity contribution in [2.45, 2.75) is 43.8 Å². The SMILES string of the molecule is CC(C)NC(=O)C1Cc2c([nH]c3ccccc23)CN1S(=O)(=O)c1ccccc1. The topological polar surface area (TPSA) is 82.3 Å². The Labute approximate surface area is 164 Å². The molecule has 0 saturated heterocycles. The third kappa shape index (κ3) is 3.21. The van der Waals surface area contributed by atoms with Crippen LogP contribution in [0.4, 0.5) is 0 Å². The van der Waals surface area contributed by atoms with Gasteiger partial charge in [-0.3, -0.25) is 4.79 Å². The summed E-state index contributed by atoms with van der Waals surface area (Å²) in [5.41, 5.74) is 2.81. The summed E-state index contributed by atoms with van der Waals surface area (Å²) >= 11 is 0. The molecule has 3 aromatic rings. The van der Waals surface area contributed by atoms with E-state index in [-0.39, 0.29) is 23.4 Å². The first-order chi connectivity index (χ1) is 13.4. The minimum Gasteiger partial charge on any atom is -0.357 e. The van der Waals surface area contributed by atoms with Crippen LogP contribution in [-0.4, -0.2) is 35.7 Å². The quantitative estimate of drug-likeness (QED) is 0.710. The van der Waals surface area contributed by atoms with Gasteiger partial charge in [-0.2, -0.15) is 4.31 Å². The highest BCUT2D eigenvalue weighted by Gasteiger charge is 2.41. The molecular weight excluding hydrogens is 374 g/mol. The predicted octanol–water partition coefficient (Wildman–Crippen LogP) is 2.81. The molecule has 7 heteroatoms. The summed E-state index contributed by atoms with van der Waals surface area (Å²) in [7, 11) is -3.82. The lowest BCUT2D eigenvalue weighted by molar-refractivity contribution is -0.125. The number of para-hydroxylation sites is 1. The van der Waals surface area contributed by atoms with E-state index in [1.807, 2.05) is 38.1 Å². The van der Waals surface area contributed by atoms with E-state index in [0.717, 1.165) is 22.2 Å². The molecule has 2 heterocycles. The zero-order valence-corrected chi connectivity index (χ0v) is 16.7. The van der Waals surface area contributed by atoms with E-state index in [1.54, 1.807) is 30.3 Å². The Balaban J connectivity index is 1.81. The Morgan fingerprint density at radius 1 is 1.11 bits per heavy atom. The molecule has 0 bridgehead atoms. The highest BCUT2D eigenvalue weighted by molar-refractivity contribution is 7.89. The number of hydrogen-bond acceptors (Lipinski definition) is 3. The van der Waals surface area contributed by atoms with Gasteiger partial charge in [0.1, 0.15) is 6.04 Å². The molecule has 1 atom stereocenters. The zero-order chi connectivity index (χ0) is 19.9. The van der Waals surface area contributed by atoms with Crippen LogP contribution in [0.3, 0.4) is 0 Å². The van der Waals surface area contributed by atoms with E-state index < -0.39 is 16.1 Å². The van der Waals surface area contributed by atoms with Crippen LogP contribution in [0.15, 0.2) is 59.5 Å². The summed E-state index contributed by atoms with van der Waals surface area (Å²) < 4.78 is 28.0. The summed E-state index contributed by atoms with van der Waals surface area (Å²) in [6.07, 6.45) is 0.337. The van der Waals surface area contributed by atoms with Crippen LogP contribution in [0, 0.1) is 0 Å². The van der Waals surface area contributed by atoms with Crippen LogP contribution in [0.5, 0.6) is 0 Å². The van der Waals surface area contributed by atoms with Crippen molar-refractivity contribution in [1.82, 2.24) is 14.6 Å². The highest BCUT2D eigenvalue weighted by atomic mass is 32.2. The van der Waals surface area contributed by atoms with E-state index >= 15 is 0 Å². The van der Waals surface area contributed by atoms with Crippen molar-refractivity contribution in [2.24, 2.45) is 0 Å². The van der Waals surface area contributed by atoms with Crippen molar-refractivity contribution in [3.8, 4) is 0 Å². The fourth-order valence-corrected chi connectivity index (χ4v) is 5.35. The number of sulfonamides is 1. The van der Waals surface area contributed by atoms with Gasteiger partial charge >= 0.3 is 0 Å². The molecule has 146 valence electrons. The second-order valence-electron chi connectivity index (χ2n) is 7.37. The lowest BCUT2D eigenvalue weighted by Crippen LogP contribution is -2.53. The maximum atomic E-state index is 13.3. The van der Waals surface area contributed by atoms with Gasteiger partial charge in [-0.1, -0.05) is 36.4 Å². The van der Waals surface area contributed by atoms with Crippen LogP contribution < -0.4 is 5.32 Å². The number of hydrogen-bond donors (Lipinski definition) is 2. The molecule has 1 aliphatic rings. The van der Waals surface area contributed by atoms with E-state index in [9.17, 15) is 13.2 Å². The number of benzene rings is 2. The van der Waals surface area contributed by atoms with E-state index in [1.165, 1.54) is 4.31 Å². The molecule has 1 amide bonds. The number of amides is 1. The van der Waals surface area contributed by atoms with Gasteiger partial charge in [0.05, 0.1) is 11.4 Å². The van der Waals surface area contributed by atoms with Crippen LogP contribution in [-0.2, 0) is 27.8 Å². The van der Waals surface area contributed by atoms with Crippen molar-refractivity contribution in [1.29, 1.82) is 0 Å². The van der Waals surface area contributed by atoms with Gasteiger partial charge in [0.25, 0.3) is 0 Å². The number of aromatic amines is 1. The number of nitrogens with one attached hydrogen (secondary N) is 2. The first-order valence-electron chi connectivity index (χ1n) is 9.33. The van der Waals surface area contributed by atoms with E-state index in [0.29, 0.717) is 6.42 Å². The van der Waals surface area contributed by atoms with Crippen LogP contribution in [0.25, 0.3) is 10.9 Å². The number of fused-ring (bicyclic) bond motifs is 3. The van der Waals surface area contributed by atoms with Crippen molar-refractivity contribution in [3.63, 3.8) is 0 Å². The molecule has 1 aromatic heterocycles. The first kappa shape index (κ1) is 18.7. The second-order valence-corrected chi connectivity index (χ2v) is 9.26. The molecular formula is C21H23N3O3S. The monoisotopic (exact) mass is 397 g/mol. The van der Waals surface area contributed by atoms with E-state index in [2.05, 4.69) is 10.3 Å². The van der Waals surface area contributed by atoms with Gasteiger partial charge in [-0.05, 0) is 37.6 Å². The summed E-state index contributed by atoms with van der Waals surface area (Å²) in [5.74, 6) is -0.273. The molecule has 2 aromatic carbocycles. The maximum Gasteiger partial charge on any atom is 0.244 e. The van der Waals surface area contributed by atoms with Gasteiger partial charge in [0, 0.05) is 29.1 Å². The van der Waals surface area contributed by atoms with Crippen LogP contribution >= 0.6 is 0 Å². The normalized spacial score (nSPS) is 17.6. The largest absolute Gasteiger partial charge is 0.357 e. The fourth-order valence-electron chi connectivity index (χ4n) is 3.77. The molecule has 2 N–H and O–H groups in total. The van der Waals surface area contributed by atoms with Crippen LogP contribution in [0.1, 0.15) is 25.1 Å². The standard InChI is InChI=1S/C21H23N3O3S/c1-14(2)22-21(25)20-12-17-16-10-6-7-11-18(16)23-19(17)13-24(20)28(26,27)15-8-4-3-5-9-15/h3-11,14,20,23H,12-13H2,1-2H3,(H,22,25). The van der Waals surface area contributed by atoms with Gasteiger partial charge in [-0.25, -0.2) is 8.42 Å².